The molecule has 1 saturated carbocycles. The van der Waals surface area contributed by atoms with Gasteiger partial charge in [0.25, 0.3) is 0 Å². The largest absolute Gasteiger partial charge is 0.334 e. The fourth-order valence-electron chi connectivity index (χ4n) is 2.02. The fraction of sp³-hybridized carbons (Fsp3) is 0.700. The molecule has 3 heteroatoms. The van der Waals surface area contributed by atoms with Crippen molar-refractivity contribution in [1.82, 2.24) is 9.55 Å². The number of hydrogen-bond acceptors (Lipinski definition) is 1. The van der Waals surface area contributed by atoms with E-state index in [2.05, 4.69) is 45.5 Å². The van der Waals surface area contributed by atoms with Crippen LogP contribution in [0.15, 0.2) is 12.5 Å². The minimum absolute atomic E-state index is 0.690. The first-order valence-electron chi connectivity index (χ1n) is 4.80. The van der Waals surface area contributed by atoms with E-state index >= 15 is 0 Å². The van der Waals surface area contributed by atoms with E-state index in [1.54, 1.807) is 0 Å². The number of nitrogens with zero attached hydrogens (tertiary/aromatic N) is 2. The molecule has 0 radical (unpaired) electrons. The lowest BCUT2D eigenvalue weighted by Crippen LogP contribution is -2.34. The highest BCUT2D eigenvalue weighted by molar-refractivity contribution is 9.08. The summed E-state index contributed by atoms with van der Waals surface area (Å²) in [5, 5.41) is 0.858. The minimum Gasteiger partial charge on any atom is -0.334 e. The van der Waals surface area contributed by atoms with Crippen molar-refractivity contribution in [3.8, 4) is 0 Å². The van der Waals surface area contributed by atoms with Gasteiger partial charge in [0.1, 0.15) is 0 Å². The first-order chi connectivity index (χ1) is 6.22. The molecule has 0 aromatic carbocycles. The maximum Gasteiger partial charge on any atom is 0.0952 e. The molecule has 1 fully saturated rings. The molecular formula is C10H15BrN2. The van der Waals surface area contributed by atoms with Crippen molar-refractivity contribution in [2.75, 3.05) is 0 Å². The Balaban J connectivity index is 2.09. The highest BCUT2D eigenvalue weighted by atomic mass is 79.9. The molecule has 1 aliphatic carbocycles. The summed E-state index contributed by atoms with van der Waals surface area (Å²) in [5.74, 6) is 1.68. The molecule has 3 unspecified atom stereocenters. The predicted octanol–water partition coefficient (Wildman–Crippen LogP) is 3.00. The second-order valence-electron chi connectivity index (χ2n) is 4.09. The van der Waals surface area contributed by atoms with Crippen molar-refractivity contribution < 1.29 is 0 Å². The van der Waals surface area contributed by atoms with Crippen LogP contribution in [-0.2, 0) is 5.33 Å². The van der Waals surface area contributed by atoms with Gasteiger partial charge in [-0.05, 0) is 18.3 Å². The van der Waals surface area contributed by atoms with Crippen LogP contribution in [-0.4, -0.2) is 9.55 Å². The zero-order chi connectivity index (χ0) is 9.42. The van der Waals surface area contributed by atoms with E-state index < -0.39 is 0 Å². The normalized spacial score (nSPS) is 33.0. The molecule has 1 heterocycles. The van der Waals surface area contributed by atoms with Crippen molar-refractivity contribution in [2.24, 2.45) is 11.8 Å². The highest BCUT2D eigenvalue weighted by Gasteiger charge is 2.35. The number of rotatable bonds is 2. The monoisotopic (exact) mass is 242 g/mol. The maximum atomic E-state index is 4.31. The van der Waals surface area contributed by atoms with Crippen LogP contribution in [0.1, 0.15) is 32.0 Å². The van der Waals surface area contributed by atoms with Gasteiger partial charge in [0.2, 0.25) is 0 Å². The average Bonchev–Trinajstić information content (AvgIpc) is 2.61. The summed E-state index contributed by atoms with van der Waals surface area (Å²) in [7, 11) is 0. The molecule has 1 aromatic heterocycles. The number of hydrogen-bond donors (Lipinski definition) is 0. The Morgan fingerprint density at radius 3 is 2.85 bits per heavy atom. The first-order valence-corrected chi connectivity index (χ1v) is 5.93. The van der Waals surface area contributed by atoms with Crippen LogP contribution in [0.25, 0.3) is 0 Å². The van der Waals surface area contributed by atoms with E-state index in [4.69, 9.17) is 0 Å². The Labute approximate surface area is 87.5 Å². The van der Waals surface area contributed by atoms with E-state index in [0.29, 0.717) is 6.04 Å². The third-order valence-electron chi connectivity index (χ3n) is 3.29. The van der Waals surface area contributed by atoms with Gasteiger partial charge < -0.3 is 4.57 Å². The lowest BCUT2D eigenvalue weighted by molar-refractivity contribution is 0.111. The lowest BCUT2D eigenvalue weighted by atomic mass is 9.71. The van der Waals surface area contributed by atoms with Crippen LogP contribution in [0.2, 0.25) is 0 Å². The summed E-state index contributed by atoms with van der Waals surface area (Å²) < 4.78 is 2.27. The summed E-state index contributed by atoms with van der Waals surface area (Å²) in [4.78, 5) is 4.31. The number of halogens is 1. The van der Waals surface area contributed by atoms with E-state index in [1.807, 2.05) is 6.33 Å². The molecule has 0 spiro atoms. The van der Waals surface area contributed by atoms with Gasteiger partial charge in [-0.25, -0.2) is 4.98 Å². The molecule has 3 atom stereocenters. The van der Waals surface area contributed by atoms with Crippen molar-refractivity contribution in [3.63, 3.8) is 0 Å². The third-order valence-corrected chi connectivity index (χ3v) is 3.87. The summed E-state index contributed by atoms with van der Waals surface area (Å²) in [5.41, 5.74) is 1.13. The Bertz CT molecular complexity index is 295. The zero-order valence-corrected chi connectivity index (χ0v) is 9.66. The van der Waals surface area contributed by atoms with Crippen LogP contribution in [0.3, 0.4) is 0 Å². The predicted molar refractivity (Wildman–Crippen MR) is 56.8 cm³/mol. The zero-order valence-electron chi connectivity index (χ0n) is 8.07. The van der Waals surface area contributed by atoms with Crippen molar-refractivity contribution >= 4 is 15.9 Å². The molecule has 0 saturated heterocycles. The van der Waals surface area contributed by atoms with E-state index in [1.165, 1.54) is 6.42 Å². The quantitative estimate of drug-likeness (QED) is 0.730. The Kier molecular flexibility index (Phi) is 2.45. The van der Waals surface area contributed by atoms with Gasteiger partial charge in [-0.2, -0.15) is 0 Å². The first kappa shape index (κ1) is 9.25. The van der Waals surface area contributed by atoms with Gasteiger partial charge >= 0.3 is 0 Å². The molecule has 2 rings (SSSR count). The molecular weight excluding hydrogens is 228 g/mol. The van der Waals surface area contributed by atoms with Crippen LogP contribution in [0.4, 0.5) is 0 Å². The second-order valence-corrected chi connectivity index (χ2v) is 4.65. The Morgan fingerprint density at radius 2 is 2.38 bits per heavy atom. The van der Waals surface area contributed by atoms with Crippen LogP contribution in [0.5, 0.6) is 0 Å². The lowest BCUT2D eigenvalue weighted by Gasteiger charge is -2.41. The summed E-state index contributed by atoms with van der Waals surface area (Å²) in [6.45, 7) is 4.65. The number of aromatic nitrogens is 2. The molecule has 1 aliphatic rings. The molecule has 0 bridgehead atoms. The van der Waals surface area contributed by atoms with Gasteiger partial charge in [-0.1, -0.05) is 29.8 Å². The van der Waals surface area contributed by atoms with Crippen LogP contribution in [0, 0.1) is 11.8 Å². The van der Waals surface area contributed by atoms with Crippen molar-refractivity contribution in [2.45, 2.75) is 31.6 Å². The van der Waals surface area contributed by atoms with Gasteiger partial charge in [0.15, 0.2) is 0 Å². The third kappa shape index (κ3) is 1.54. The van der Waals surface area contributed by atoms with Gasteiger partial charge in [0, 0.05) is 17.6 Å². The van der Waals surface area contributed by atoms with Crippen LogP contribution < -0.4 is 0 Å². The number of imidazole rings is 1. The summed E-state index contributed by atoms with van der Waals surface area (Å²) in [6.07, 6.45) is 5.42. The molecule has 13 heavy (non-hydrogen) atoms. The van der Waals surface area contributed by atoms with Crippen LogP contribution >= 0.6 is 15.9 Å². The van der Waals surface area contributed by atoms with Gasteiger partial charge in [-0.3, -0.25) is 0 Å². The molecule has 0 amide bonds. The summed E-state index contributed by atoms with van der Waals surface area (Å²) >= 11 is 3.41. The topological polar surface area (TPSA) is 17.8 Å². The SMILES string of the molecule is CC1CC(n2cnc(CBr)c2)C1C. The smallest absolute Gasteiger partial charge is 0.0952 e. The molecule has 0 N–H and O–H groups in total. The standard InChI is InChI=1S/C10H15BrN2/c1-7-3-10(8(7)2)13-5-9(4-11)12-6-13/h5-8,10H,3-4H2,1-2H3. The second kappa shape index (κ2) is 3.45. The highest BCUT2D eigenvalue weighted by Crippen LogP contribution is 2.43. The number of alkyl halides is 1. The minimum atomic E-state index is 0.690. The van der Waals surface area contributed by atoms with Gasteiger partial charge in [0.05, 0.1) is 12.0 Å². The average molecular weight is 243 g/mol. The fourth-order valence-corrected chi connectivity index (χ4v) is 2.31. The van der Waals surface area contributed by atoms with Gasteiger partial charge in [-0.15, -0.1) is 0 Å². The Hall–Kier alpha value is -0.310. The molecule has 1 aromatic rings. The summed E-state index contributed by atoms with van der Waals surface area (Å²) in [6, 6.07) is 0.690. The van der Waals surface area contributed by atoms with Crippen molar-refractivity contribution in [3.05, 3.63) is 18.2 Å². The maximum absolute atomic E-state index is 4.31. The molecule has 72 valence electrons. The molecule has 0 aliphatic heterocycles. The molecule has 2 nitrogen and oxygen atoms in total. The van der Waals surface area contributed by atoms with E-state index in [9.17, 15) is 0 Å². The Morgan fingerprint density at radius 1 is 1.62 bits per heavy atom. The van der Waals surface area contributed by atoms with E-state index in [-0.39, 0.29) is 0 Å². The van der Waals surface area contributed by atoms with E-state index in [0.717, 1.165) is 22.9 Å². The van der Waals surface area contributed by atoms with Crippen molar-refractivity contribution in [1.29, 1.82) is 0 Å².